The zero-order valence-electron chi connectivity index (χ0n) is 15.7. The normalized spacial score (nSPS) is 12.3. The van der Waals surface area contributed by atoms with Crippen molar-refractivity contribution in [1.82, 2.24) is 34.9 Å². The highest BCUT2D eigenvalue weighted by molar-refractivity contribution is 5.84. The largest absolute Gasteiger partial charge is 0.467 e. The van der Waals surface area contributed by atoms with Crippen molar-refractivity contribution in [3.63, 3.8) is 0 Å². The quantitative estimate of drug-likeness (QED) is 0.532. The molecule has 0 amide bonds. The standard InChI is InChI=1S/C18H16FN7O3/c1-8-12(19)4-5-13(21-8)9(2)29-17-10-6-14(23-24-15(10)26(3)25-17)11-7-20-18(28)22-16(11)27/h4-7,9H,1-3H3,(H2,20,22,27,28)/t9-/m0/s1. The SMILES string of the molecule is Cc1nc([C@H](C)Oc2nn(C)c3nnc(-c4c[nH]c(=O)[nH]c4=O)cc23)ccc1F. The van der Waals surface area contributed by atoms with Crippen LogP contribution in [0.4, 0.5) is 4.39 Å². The van der Waals surface area contributed by atoms with Gasteiger partial charge >= 0.3 is 5.69 Å². The molecule has 1 atom stereocenters. The van der Waals surface area contributed by atoms with E-state index in [0.29, 0.717) is 16.7 Å². The molecule has 0 spiro atoms. The first-order valence-electron chi connectivity index (χ1n) is 8.66. The lowest BCUT2D eigenvalue weighted by molar-refractivity contribution is 0.213. The molecule has 4 rings (SSSR count). The Balaban J connectivity index is 1.75. The summed E-state index contributed by atoms with van der Waals surface area (Å²) in [4.78, 5) is 32.0. The summed E-state index contributed by atoms with van der Waals surface area (Å²) in [6, 6.07) is 4.48. The zero-order valence-corrected chi connectivity index (χ0v) is 15.7. The van der Waals surface area contributed by atoms with Crippen LogP contribution in [-0.4, -0.2) is 34.9 Å². The van der Waals surface area contributed by atoms with E-state index in [-0.39, 0.29) is 22.8 Å². The van der Waals surface area contributed by atoms with Crippen molar-refractivity contribution in [2.45, 2.75) is 20.0 Å². The summed E-state index contributed by atoms with van der Waals surface area (Å²) in [5.41, 5.74) is 0.451. The van der Waals surface area contributed by atoms with Gasteiger partial charge in [-0.15, -0.1) is 15.3 Å². The maximum atomic E-state index is 13.5. The highest BCUT2D eigenvalue weighted by atomic mass is 19.1. The van der Waals surface area contributed by atoms with Gasteiger partial charge in [0.25, 0.3) is 5.56 Å². The number of nitrogens with one attached hydrogen (secondary N) is 2. The van der Waals surface area contributed by atoms with Crippen LogP contribution in [0.5, 0.6) is 5.88 Å². The molecule has 0 aliphatic heterocycles. The van der Waals surface area contributed by atoms with Crippen molar-refractivity contribution in [2.24, 2.45) is 7.05 Å². The number of aromatic amines is 2. The van der Waals surface area contributed by atoms with Gasteiger partial charge in [-0.3, -0.25) is 14.8 Å². The summed E-state index contributed by atoms with van der Waals surface area (Å²) in [7, 11) is 1.68. The molecular weight excluding hydrogens is 381 g/mol. The lowest BCUT2D eigenvalue weighted by atomic mass is 10.2. The van der Waals surface area contributed by atoms with Gasteiger partial charge in [0.05, 0.1) is 22.3 Å². The molecule has 0 bridgehead atoms. The summed E-state index contributed by atoms with van der Waals surface area (Å²) < 4.78 is 20.9. The minimum absolute atomic E-state index is 0.151. The van der Waals surface area contributed by atoms with E-state index in [1.54, 1.807) is 33.0 Å². The lowest BCUT2D eigenvalue weighted by Gasteiger charge is -2.13. The van der Waals surface area contributed by atoms with Crippen molar-refractivity contribution in [3.05, 3.63) is 62.4 Å². The van der Waals surface area contributed by atoms with Gasteiger partial charge in [0.1, 0.15) is 17.6 Å². The predicted molar refractivity (Wildman–Crippen MR) is 101 cm³/mol. The Kier molecular flexibility index (Phi) is 4.41. The number of rotatable bonds is 4. The second-order valence-electron chi connectivity index (χ2n) is 6.44. The number of aromatic nitrogens is 7. The van der Waals surface area contributed by atoms with Crippen LogP contribution >= 0.6 is 0 Å². The van der Waals surface area contributed by atoms with E-state index in [1.807, 2.05) is 0 Å². The molecule has 0 saturated carbocycles. The Hall–Kier alpha value is -3.89. The van der Waals surface area contributed by atoms with Crippen molar-refractivity contribution >= 4 is 11.0 Å². The van der Waals surface area contributed by atoms with Crippen molar-refractivity contribution < 1.29 is 9.13 Å². The molecule has 4 heterocycles. The Morgan fingerprint density at radius 3 is 2.76 bits per heavy atom. The number of fused-ring (bicyclic) bond motifs is 1. The first kappa shape index (κ1) is 18.5. The first-order valence-corrected chi connectivity index (χ1v) is 8.66. The molecule has 4 aromatic heterocycles. The van der Waals surface area contributed by atoms with Crippen molar-refractivity contribution in [1.29, 1.82) is 0 Å². The third-order valence-electron chi connectivity index (χ3n) is 4.40. The molecule has 148 valence electrons. The van der Waals surface area contributed by atoms with E-state index in [4.69, 9.17) is 4.74 Å². The highest BCUT2D eigenvalue weighted by Gasteiger charge is 2.19. The lowest BCUT2D eigenvalue weighted by Crippen LogP contribution is -2.22. The summed E-state index contributed by atoms with van der Waals surface area (Å²) in [5.74, 6) is -0.133. The van der Waals surface area contributed by atoms with Crippen LogP contribution in [0.25, 0.3) is 22.3 Å². The van der Waals surface area contributed by atoms with Gasteiger partial charge in [-0.25, -0.2) is 13.9 Å². The summed E-state index contributed by atoms with van der Waals surface area (Å²) in [5, 5.41) is 13.0. The summed E-state index contributed by atoms with van der Waals surface area (Å²) in [6.45, 7) is 3.34. The Morgan fingerprint density at radius 2 is 2.03 bits per heavy atom. The molecule has 0 radical (unpaired) electrons. The number of nitrogens with zero attached hydrogens (tertiary/aromatic N) is 5. The van der Waals surface area contributed by atoms with Gasteiger partial charge in [-0.1, -0.05) is 0 Å². The molecule has 0 fully saturated rings. The molecule has 0 saturated heterocycles. The molecule has 0 aromatic carbocycles. The van der Waals surface area contributed by atoms with Crippen molar-refractivity contribution in [3.8, 4) is 17.1 Å². The molecule has 4 aromatic rings. The van der Waals surface area contributed by atoms with Crippen LogP contribution in [0.3, 0.4) is 0 Å². The number of hydrogen-bond acceptors (Lipinski definition) is 7. The van der Waals surface area contributed by atoms with Gasteiger partial charge in [0.15, 0.2) is 5.65 Å². The van der Waals surface area contributed by atoms with Crippen LogP contribution in [0, 0.1) is 12.7 Å². The molecule has 10 nitrogen and oxygen atoms in total. The van der Waals surface area contributed by atoms with E-state index < -0.39 is 23.2 Å². The fourth-order valence-corrected chi connectivity index (χ4v) is 2.86. The van der Waals surface area contributed by atoms with Gasteiger partial charge < -0.3 is 9.72 Å². The fourth-order valence-electron chi connectivity index (χ4n) is 2.86. The number of pyridine rings is 1. The number of H-pyrrole nitrogens is 2. The molecule has 0 aliphatic rings. The second-order valence-corrected chi connectivity index (χ2v) is 6.44. The molecule has 11 heteroatoms. The van der Waals surface area contributed by atoms with Gasteiger partial charge in [-0.05, 0) is 32.0 Å². The molecule has 0 unspecified atom stereocenters. The number of aryl methyl sites for hydroxylation is 2. The minimum Gasteiger partial charge on any atom is -0.467 e. The highest BCUT2D eigenvalue weighted by Crippen LogP contribution is 2.29. The Bertz CT molecular complexity index is 1340. The molecule has 2 N–H and O–H groups in total. The second kappa shape index (κ2) is 6.93. The van der Waals surface area contributed by atoms with E-state index in [0.717, 1.165) is 0 Å². The Morgan fingerprint density at radius 1 is 1.24 bits per heavy atom. The first-order chi connectivity index (χ1) is 13.8. The third-order valence-corrected chi connectivity index (χ3v) is 4.40. The average molecular weight is 397 g/mol. The monoisotopic (exact) mass is 397 g/mol. The van der Waals surface area contributed by atoms with E-state index >= 15 is 0 Å². The van der Waals surface area contributed by atoms with Crippen LogP contribution in [-0.2, 0) is 7.05 Å². The van der Waals surface area contributed by atoms with Crippen LogP contribution in [0.15, 0.2) is 34.0 Å². The van der Waals surface area contributed by atoms with Gasteiger partial charge in [0.2, 0.25) is 5.88 Å². The fraction of sp³-hybridized carbons (Fsp3) is 0.222. The molecular formula is C18H16FN7O3. The maximum absolute atomic E-state index is 13.5. The number of ether oxygens (including phenoxy) is 1. The van der Waals surface area contributed by atoms with Crippen molar-refractivity contribution in [2.75, 3.05) is 0 Å². The van der Waals surface area contributed by atoms with Crippen LogP contribution in [0.1, 0.15) is 24.4 Å². The van der Waals surface area contributed by atoms with E-state index in [2.05, 4.69) is 30.2 Å². The van der Waals surface area contributed by atoms with Gasteiger partial charge in [0, 0.05) is 13.2 Å². The minimum atomic E-state index is -0.617. The maximum Gasteiger partial charge on any atom is 0.325 e. The number of halogens is 1. The number of hydrogen-bond donors (Lipinski definition) is 2. The summed E-state index contributed by atoms with van der Waals surface area (Å²) >= 11 is 0. The zero-order chi connectivity index (χ0) is 20.7. The smallest absolute Gasteiger partial charge is 0.325 e. The Labute approximate surface area is 162 Å². The van der Waals surface area contributed by atoms with Crippen LogP contribution < -0.4 is 16.0 Å². The van der Waals surface area contributed by atoms with E-state index in [9.17, 15) is 14.0 Å². The molecule has 29 heavy (non-hydrogen) atoms. The summed E-state index contributed by atoms with van der Waals surface area (Å²) in [6.07, 6.45) is 0.752. The van der Waals surface area contributed by atoms with Gasteiger partial charge in [-0.2, -0.15) is 0 Å². The van der Waals surface area contributed by atoms with E-state index in [1.165, 1.54) is 16.9 Å². The average Bonchev–Trinajstić information content (AvgIpc) is 2.99. The molecule has 0 aliphatic carbocycles. The third kappa shape index (κ3) is 3.37. The predicted octanol–water partition coefficient (Wildman–Crippen LogP) is 1.39. The van der Waals surface area contributed by atoms with Crippen LogP contribution in [0.2, 0.25) is 0 Å². The topological polar surface area (TPSA) is 131 Å².